The second kappa shape index (κ2) is 6.26. The second-order valence-corrected chi connectivity index (χ2v) is 5.87. The third-order valence-electron chi connectivity index (χ3n) is 4.05. The first kappa shape index (κ1) is 15.5. The minimum atomic E-state index is -0.944. The Labute approximate surface area is 124 Å². The number of carboxylic acid groups (broad SMARTS) is 1. The average molecular weight is 290 g/mol. The van der Waals surface area contributed by atoms with E-state index in [2.05, 4.69) is 0 Å². The number of benzene rings is 1. The monoisotopic (exact) mass is 290 g/mol. The molecule has 1 atom stereocenters. The Morgan fingerprint density at radius 3 is 2.71 bits per heavy atom. The van der Waals surface area contributed by atoms with Crippen LogP contribution in [-0.4, -0.2) is 29.6 Å². The predicted molar refractivity (Wildman–Crippen MR) is 81.5 cm³/mol. The van der Waals surface area contributed by atoms with Crippen molar-refractivity contribution in [1.29, 1.82) is 0 Å². The average Bonchev–Trinajstić information content (AvgIpc) is 2.45. The van der Waals surface area contributed by atoms with Crippen LogP contribution in [0.25, 0.3) is 0 Å². The lowest BCUT2D eigenvalue weighted by atomic mass is 9.95. The highest BCUT2D eigenvalue weighted by molar-refractivity contribution is 5.98. The van der Waals surface area contributed by atoms with Crippen molar-refractivity contribution >= 4 is 17.6 Å². The van der Waals surface area contributed by atoms with Gasteiger partial charge in [-0.2, -0.15) is 0 Å². The fourth-order valence-electron chi connectivity index (χ4n) is 2.63. The molecule has 0 radical (unpaired) electrons. The largest absolute Gasteiger partial charge is 0.478 e. The van der Waals surface area contributed by atoms with Gasteiger partial charge < -0.3 is 15.7 Å². The van der Waals surface area contributed by atoms with E-state index in [4.69, 9.17) is 5.73 Å². The highest BCUT2D eigenvalue weighted by Gasteiger charge is 2.27. The number of carbonyl (C=O) groups is 2. The molecular formula is C16H22N2O3. The number of aromatic carboxylic acids is 1. The summed E-state index contributed by atoms with van der Waals surface area (Å²) in [6.07, 6.45) is 1.76. The molecule has 5 heteroatoms. The van der Waals surface area contributed by atoms with Crippen LogP contribution in [0, 0.1) is 5.92 Å². The second-order valence-electron chi connectivity index (χ2n) is 5.87. The molecule has 1 aliphatic rings. The van der Waals surface area contributed by atoms with Gasteiger partial charge in [-0.25, -0.2) is 4.79 Å². The van der Waals surface area contributed by atoms with E-state index in [-0.39, 0.29) is 29.9 Å². The van der Waals surface area contributed by atoms with Crippen LogP contribution in [0.5, 0.6) is 0 Å². The van der Waals surface area contributed by atoms with Gasteiger partial charge in [-0.1, -0.05) is 19.9 Å². The van der Waals surface area contributed by atoms with Crippen LogP contribution >= 0.6 is 0 Å². The van der Waals surface area contributed by atoms with Crippen molar-refractivity contribution in [3.63, 3.8) is 0 Å². The number of nitrogens with zero attached hydrogens (tertiary/aromatic N) is 1. The molecule has 1 amide bonds. The van der Waals surface area contributed by atoms with Crippen molar-refractivity contribution in [2.45, 2.75) is 39.2 Å². The van der Waals surface area contributed by atoms with Gasteiger partial charge in [-0.3, -0.25) is 4.79 Å². The number of carboxylic acids is 1. The summed E-state index contributed by atoms with van der Waals surface area (Å²) in [7, 11) is 0. The number of hydrogen-bond acceptors (Lipinski definition) is 3. The molecule has 0 fully saturated rings. The van der Waals surface area contributed by atoms with Crippen LogP contribution in [0.2, 0.25) is 0 Å². The number of carbonyl (C=O) groups excluding carboxylic acids is 1. The zero-order valence-corrected chi connectivity index (χ0v) is 12.5. The van der Waals surface area contributed by atoms with E-state index in [0.29, 0.717) is 13.0 Å². The molecule has 0 saturated heterocycles. The summed E-state index contributed by atoms with van der Waals surface area (Å²) < 4.78 is 0. The summed E-state index contributed by atoms with van der Waals surface area (Å²) in [6.45, 7) is 4.61. The smallest absolute Gasteiger partial charge is 0.336 e. The number of anilines is 1. The zero-order chi connectivity index (χ0) is 15.6. The Hall–Kier alpha value is -1.88. The lowest BCUT2D eigenvalue weighted by Crippen LogP contribution is -2.40. The van der Waals surface area contributed by atoms with Gasteiger partial charge in [0.15, 0.2) is 0 Å². The molecule has 0 saturated carbocycles. The number of fused-ring (bicyclic) bond motifs is 1. The molecule has 1 aliphatic heterocycles. The van der Waals surface area contributed by atoms with Gasteiger partial charge in [0.05, 0.1) is 5.56 Å². The van der Waals surface area contributed by atoms with Crippen LogP contribution in [0.3, 0.4) is 0 Å². The quantitative estimate of drug-likeness (QED) is 0.888. The van der Waals surface area contributed by atoms with Gasteiger partial charge in [0, 0.05) is 24.7 Å². The van der Waals surface area contributed by atoms with Crippen molar-refractivity contribution in [2.24, 2.45) is 11.7 Å². The Morgan fingerprint density at radius 1 is 1.38 bits per heavy atom. The van der Waals surface area contributed by atoms with Gasteiger partial charge in [0.2, 0.25) is 5.91 Å². The molecule has 0 aromatic heterocycles. The number of hydrogen-bond donors (Lipinski definition) is 2. The molecule has 0 bridgehead atoms. The summed E-state index contributed by atoms with van der Waals surface area (Å²) in [4.78, 5) is 25.4. The molecule has 5 nitrogen and oxygen atoms in total. The van der Waals surface area contributed by atoms with Crippen molar-refractivity contribution in [3.05, 3.63) is 29.3 Å². The van der Waals surface area contributed by atoms with E-state index in [1.807, 2.05) is 19.9 Å². The number of rotatable bonds is 4. The number of nitrogens with two attached hydrogens (primary N) is 1. The van der Waals surface area contributed by atoms with E-state index in [1.165, 1.54) is 0 Å². The van der Waals surface area contributed by atoms with Crippen LogP contribution in [0.15, 0.2) is 18.2 Å². The molecule has 114 valence electrons. The summed E-state index contributed by atoms with van der Waals surface area (Å²) in [5, 5.41) is 9.26. The van der Waals surface area contributed by atoms with Gasteiger partial charge in [0.25, 0.3) is 0 Å². The number of amides is 1. The molecule has 0 spiro atoms. The summed E-state index contributed by atoms with van der Waals surface area (Å²) >= 11 is 0. The zero-order valence-electron chi connectivity index (χ0n) is 12.5. The molecule has 1 aromatic rings. The van der Waals surface area contributed by atoms with Crippen LogP contribution in [-0.2, 0) is 11.2 Å². The summed E-state index contributed by atoms with van der Waals surface area (Å²) in [6, 6.07) is 4.93. The van der Waals surface area contributed by atoms with Gasteiger partial charge in [-0.05, 0) is 36.5 Å². The molecule has 21 heavy (non-hydrogen) atoms. The van der Waals surface area contributed by atoms with E-state index in [1.54, 1.807) is 17.0 Å². The molecule has 1 aromatic carbocycles. The van der Waals surface area contributed by atoms with E-state index >= 15 is 0 Å². The first-order chi connectivity index (χ1) is 9.91. The van der Waals surface area contributed by atoms with E-state index in [9.17, 15) is 14.7 Å². The summed E-state index contributed by atoms with van der Waals surface area (Å²) in [5.41, 5.74) is 7.75. The van der Waals surface area contributed by atoms with Gasteiger partial charge in [-0.15, -0.1) is 0 Å². The Kier molecular flexibility index (Phi) is 4.63. The topological polar surface area (TPSA) is 83.6 Å². The van der Waals surface area contributed by atoms with Crippen molar-refractivity contribution < 1.29 is 14.7 Å². The van der Waals surface area contributed by atoms with Crippen LogP contribution in [0.1, 0.15) is 42.6 Å². The fraction of sp³-hybridized carbons (Fsp3) is 0.500. The van der Waals surface area contributed by atoms with Gasteiger partial charge >= 0.3 is 5.97 Å². The Balaban J connectivity index is 2.28. The normalized spacial score (nSPS) is 15.7. The molecule has 0 aliphatic carbocycles. The molecule has 3 N–H and O–H groups in total. The standard InChI is InChI=1S/C16H22N2O3/c1-10(2)13(17)9-15(19)18-8-4-6-11-12(16(20)21)5-3-7-14(11)18/h3,5,7,10,13H,4,6,8-9,17H2,1-2H3,(H,20,21). The summed E-state index contributed by atoms with van der Waals surface area (Å²) in [5.74, 6) is -0.733. The lowest BCUT2D eigenvalue weighted by molar-refractivity contribution is -0.119. The fourth-order valence-corrected chi connectivity index (χ4v) is 2.63. The van der Waals surface area contributed by atoms with Crippen molar-refractivity contribution in [1.82, 2.24) is 0 Å². The Bertz CT molecular complexity index is 554. The highest BCUT2D eigenvalue weighted by atomic mass is 16.4. The molecule has 1 heterocycles. The maximum absolute atomic E-state index is 12.5. The minimum Gasteiger partial charge on any atom is -0.478 e. The van der Waals surface area contributed by atoms with Gasteiger partial charge in [0.1, 0.15) is 0 Å². The van der Waals surface area contributed by atoms with Crippen LogP contribution in [0.4, 0.5) is 5.69 Å². The third-order valence-corrected chi connectivity index (χ3v) is 4.05. The highest BCUT2D eigenvalue weighted by Crippen LogP contribution is 2.30. The lowest BCUT2D eigenvalue weighted by Gasteiger charge is -2.31. The van der Waals surface area contributed by atoms with E-state index < -0.39 is 5.97 Å². The maximum atomic E-state index is 12.5. The van der Waals surface area contributed by atoms with Crippen molar-refractivity contribution in [3.8, 4) is 0 Å². The Morgan fingerprint density at radius 2 is 2.10 bits per heavy atom. The molecule has 1 unspecified atom stereocenters. The third kappa shape index (κ3) is 3.24. The molecule has 2 rings (SSSR count). The first-order valence-corrected chi connectivity index (χ1v) is 7.33. The predicted octanol–water partition coefficient (Wildman–Crippen LogP) is 2.04. The maximum Gasteiger partial charge on any atom is 0.336 e. The van der Waals surface area contributed by atoms with E-state index in [0.717, 1.165) is 17.7 Å². The first-order valence-electron chi connectivity index (χ1n) is 7.33. The molecular weight excluding hydrogens is 268 g/mol. The van der Waals surface area contributed by atoms with Crippen LogP contribution < -0.4 is 10.6 Å². The van der Waals surface area contributed by atoms with Crippen molar-refractivity contribution in [2.75, 3.05) is 11.4 Å². The minimum absolute atomic E-state index is 0.0281. The SMILES string of the molecule is CC(C)C(N)CC(=O)N1CCCc2c(C(=O)O)cccc21.